The molecule has 1 aliphatic rings. The van der Waals surface area contributed by atoms with Crippen molar-refractivity contribution in [3.63, 3.8) is 0 Å². The minimum atomic E-state index is 0.0806. The van der Waals surface area contributed by atoms with E-state index in [1.165, 1.54) is 0 Å². The highest BCUT2D eigenvalue weighted by Gasteiger charge is 2.21. The maximum absolute atomic E-state index is 11.4. The molecule has 0 aromatic heterocycles. The first-order valence-electron chi connectivity index (χ1n) is 4.57. The standard InChI is InChI=1S/C9H17NO3/c1-12-7-9(11)10-5-3-8(13-2)4-6-10/h8H,3-7H2,1-2H3. The predicted molar refractivity (Wildman–Crippen MR) is 48.5 cm³/mol. The monoisotopic (exact) mass is 187 g/mol. The van der Waals surface area contributed by atoms with Gasteiger partial charge in [0.2, 0.25) is 5.91 Å². The third-order valence-corrected chi connectivity index (χ3v) is 2.40. The summed E-state index contributed by atoms with van der Waals surface area (Å²) in [6.45, 7) is 1.78. The number of hydrogen-bond acceptors (Lipinski definition) is 3. The molecule has 0 atom stereocenters. The predicted octanol–water partition coefficient (Wildman–Crippen LogP) is 0.270. The Balaban J connectivity index is 2.28. The number of amides is 1. The van der Waals surface area contributed by atoms with E-state index in [9.17, 15) is 4.79 Å². The molecule has 0 bridgehead atoms. The summed E-state index contributed by atoms with van der Waals surface area (Å²) < 4.78 is 10.00. The minimum absolute atomic E-state index is 0.0806. The number of carbonyl (C=O) groups is 1. The highest BCUT2D eigenvalue weighted by Crippen LogP contribution is 2.12. The molecule has 0 aromatic rings. The summed E-state index contributed by atoms with van der Waals surface area (Å²) in [5.41, 5.74) is 0. The van der Waals surface area contributed by atoms with E-state index in [0.29, 0.717) is 6.10 Å². The number of piperidine rings is 1. The maximum Gasteiger partial charge on any atom is 0.248 e. The Hall–Kier alpha value is -0.610. The number of nitrogens with zero attached hydrogens (tertiary/aromatic N) is 1. The van der Waals surface area contributed by atoms with Gasteiger partial charge in [-0.05, 0) is 12.8 Å². The Bertz CT molecular complexity index is 164. The van der Waals surface area contributed by atoms with E-state index in [-0.39, 0.29) is 12.5 Å². The van der Waals surface area contributed by atoms with Crippen LogP contribution >= 0.6 is 0 Å². The van der Waals surface area contributed by atoms with Gasteiger partial charge in [0.1, 0.15) is 6.61 Å². The fourth-order valence-electron chi connectivity index (χ4n) is 1.56. The van der Waals surface area contributed by atoms with Crippen LogP contribution in [0.2, 0.25) is 0 Å². The second kappa shape index (κ2) is 5.19. The number of carbonyl (C=O) groups excluding carboxylic acids is 1. The molecule has 0 radical (unpaired) electrons. The molecule has 0 aromatic carbocycles. The molecule has 13 heavy (non-hydrogen) atoms. The molecule has 76 valence electrons. The van der Waals surface area contributed by atoms with Gasteiger partial charge in [0.15, 0.2) is 0 Å². The van der Waals surface area contributed by atoms with Crippen LogP contribution in [0.15, 0.2) is 0 Å². The summed E-state index contributed by atoms with van der Waals surface area (Å²) in [7, 11) is 3.26. The lowest BCUT2D eigenvalue weighted by atomic mass is 10.1. The molecule has 0 unspecified atom stereocenters. The molecule has 1 heterocycles. The van der Waals surface area contributed by atoms with Gasteiger partial charge in [-0.15, -0.1) is 0 Å². The van der Waals surface area contributed by atoms with Crippen LogP contribution in [0, 0.1) is 0 Å². The summed E-state index contributed by atoms with van der Waals surface area (Å²) in [4.78, 5) is 13.2. The van der Waals surface area contributed by atoms with E-state index < -0.39 is 0 Å². The minimum Gasteiger partial charge on any atom is -0.381 e. The van der Waals surface area contributed by atoms with E-state index in [1.54, 1.807) is 14.2 Å². The quantitative estimate of drug-likeness (QED) is 0.636. The summed E-state index contributed by atoms with van der Waals surface area (Å²) in [5, 5.41) is 0. The van der Waals surface area contributed by atoms with Crippen molar-refractivity contribution in [2.24, 2.45) is 0 Å². The third kappa shape index (κ3) is 2.97. The second-order valence-electron chi connectivity index (χ2n) is 3.25. The second-order valence-corrected chi connectivity index (χ2v) is 3.25. The highest BCUT2D eigenvalue weighted by atomic mass is 16.5. The van der Waals surface area contributed by atoms with Gasteiger partial charge in [-0.2, -0.15) is 0 Å². The number of hydrogen-bond donors (Lipinski definition) is 0. The van der Waals surface area contributed by atoms with Crippen molar-refractivity contribution < 1.29 is 14.3 Å². The average molecular weight is 187 g/mol. The average Bonchev–Trinajstić information content (AvgIpc) is 2.18. The number of likely N-dealkylation sites (tertiary alicyclic amines) is 1. The molecule has 0 N–H and O–H groups in total. The van der Waals surface area contributed by atoms with E-state index in [2.05, 4.69) is 0 Å². The molecule has 0 aliphatic carbocycles. The lowest BCUT2D eigenvalue weighted by Gasteiger charge is -2.31. The van der Waals surface area contributed by atoms with E-state index in [0.717, 1.165) is 25.9 Å². The molecule has 1 aliphatic heterocycles. The number of rotatable bonds is 3. The smallest absolute Gasteiger partial charge is 0.248 e. The van der Waals surface area contributed by atoms with Gasteiger partial charge in [0.05, 0.1) is 6.10 Å². The van der Waals surface area contributed by atoms with Gasteiger partial charge >= 0.3 is 0 Å². The van der Waals surface area contributed by atoms with Crippen molar-refractivity contribution in [1.82, 2.24) is 4.90 Å². The Kier molecular flexibility index (Phi) is 4.18. The highest BCUT2D eigenvalue weighted by molar-refractivity contribution is 5.77. The van der Waals surface area contributed by atoms with E-state index in [4.69, 9.17) is 9.47 Å². The summed E-state index contributed by atoms with van der Waals surface area (Å²) >= 11 is 0. The summed E-state index contributed by atoms with van der Waals surface area (Å²) in [6.07, 6.45) is 2.20. The van der Waals surface area contributed by atoms with Crippen LogP contribution in [-0.4, -0.2) is 50.8 Å². The summed E-state index contributed by atoms with van der Waals surface area (Å²) in [5.74, 6) is 0.0806. The van der Waals surface area contributed by atoms with Crippen molar-refractivity contribution in [2.45, 2.75) is 18.9 Å². The molecule has 0 saturated carbocycles. The molecule has 1 amide bonds. The molecule has 0 spiro atoms. The molecule has 4 heteroatoms. The normalized spacial score (nSPS) is 19.1. The first-order valence-corrected chi connectivity index (χ1v) is 4.57. The van der Waals surface area contributed by atoms with Crippen molar-refractivity contribution in [1.29, 1.82) is 0 Å². The molecule has 4 nitrogen and oxygen atoms in total. The lowest BCUT2D eigenvalue weighted by molar-refractivity contribution is -0.137. The van der Waals surface area contributed by atoms with Gasteiger partial charge in [0, 0.05) is 27.3 Å². The Morgan fingerprint density at radius 2 is 2.00 bits per heavy atom. The van der Waals surface area contributed by atoms with Crippen molar-refractivity contribution in [3.8, 4) is 0 Å². The van der Waals surface area contributed by atoms with Crippen LogP contribution in [0.5, 0.6) is 0 Å². The zero-order valence-corrected chi connectivity index (χ0v) is 8.28. The van der Waals surface area contributed by atoms with E-state index >= 15 is 0 Å². The van der Waals surface area contributed by atoms with Crippen molar-refractivity contribution in [2.75, 3.05) is 33.9 Å². The SMILES string of the molecule is COCC(=O)N1CCC(OC)CC1. The Morgan fingerprint density at radius 1 is 1.38 bits per heavy atom. The van der Waals surface area contributed by atoms with Crippen LogP contribution in [0.4, 0.5) is 0 Å². The number of ether oxygens (including phenoxy) is 2. The van der Waals surface area contributed by atoms with Crippen LogP contribution in [-0.2, 0) is 14.3 Å². The molecular formula is C9H17NO3. The van der Waals surface area contributed by atoms with Crippen LogP contribution < -0.4 is 0 Å². The van der Waals surface area contributed by atoms with Crippen LogP contribution in [0.1, 0.15) is 12.8 Å². The Morgan fingerprint density at radius 3 is 2.46 bits per heavy atom. The van der Waals surface area contributed by atoms with Gasteiger partial charge < -0.3 is 14.4 Å². The first kappa shape index (κ1) is 10.5. The largest absolute Gasteiger partial charge is 0.381 e. The molecular weight excluding hydrogens is 170 g/mol. The van der Waals surface area contributed by atoms with Crippen molar-refractivity contribution in [3.05, 3.63) is 0 Å². The van der Waals surface area contributed by atoms with Gasteiger partial charge in [-0.1, -0.05) is 0 Å². The first-order chi connectivity index (χ1) is 6.27. The molecule has 1 fully saturated rings. The molecule has 1 saturated heterocycles. The zero-order chi connectivity index (χ0) is 9.68. The van der Waals surface area contributed by atoms with Crippen LogP contribution in [0.3, 0.4) is 0 Å². The fraction of sp³-hybridized carbons (Fsp3) is 0.889. The third-order valence-electron chi connectivity index (χ3n) is 2.40. The van der Waals surface area contributed by atoms with Gasteiger partial charge in [0.25, 0.3) is 0 Å². The zero-order valence-electron chi connectivity index (χ0n) is 8.28. The molecule has 1 rings (SSSR count). The lowest BCUT2D eigenvalue weighted by Crippen LogP contribution is -2.42. The van der Waals surface area contributed by atoms with Crippen LogP contribution in [0.25, 0.3) is 0 Å². The van der Waals surface area contributed by atoms with Gasteiger partial charge in [-0.3, -0.25) is 4.79 Å². The number of methoxy groups -OCH3 is 2. The topological polar surface area (TPSA) is 38.8 Å². The Labute approximate surface area is 78.8 Å². The fourth-order valence-corrected chi connectivity index (χ4v) is 1.56. The van der Waals surface area contributed by atoms with Gasteiger partial charge in [-0.25, -0.2) is 0 Å². The van der Waals surface area contributed by atoms with E-state index in [1.807, 2.05) is 4.90 Å². The summed E-state index contributed by atoms with van der Waals surface area (Å²) in [6, 6.07) is 0. The van der Waals surface area contributed by atoms with Crippen molar-refractivity contribution >= 4 is 5.91 Å². The maximum atomic E-state index is 11.4.